The molecule has 0 saturated carbocycles. The number of aliphatic hydroxyl groups excluding tert-OH is 3. The lowest BCUT2D eigenvalue weighted by atomic mass is 9.97. The summed E-state index contributed by atoms with van der Waals surface area (Å²) in [5, 5.41) is 35.3. The van der Waals surface area contributed by atoms with Gasteiger partial charge in [-0.3, -0.25) is 4.79 Å². The molecule has 0 aliphatic carbocycles. The Morgan fingerprint density at radius 1 is 0.806 bits per heavy atom. The molecule has 0 aliphatic rings. The van der Waals surface area contributed by atoms with Crippen LogP contribution in [0.3, 0.4) is 0 Å². The fourth-order valence-electron chi connectivity index (χ4n) is 3.20. The molecule has 0 bridgehead atoms. The van der Waals surface area contributed by atoms with Gasteiger partial charge in [0.15, 0.2) is 0 Å². The van der Waals surface area contributed by atoms with Crippen LogP contribution < -0.4 is 0 Å². The lowest BCUT2D eigenvalue weighted by Crippen LogP contribution is -2.25. The zero-order valence-electron chi connectivity index (χ0n) is 20.6. The number of unbranched alkanes of at least 4 members (excludes halogenated alkanes) is 11. The molecule has 0 heterocycles. The van der Waals surface area contributed by atoms with Crippen molar-refractivity contribution in [3.05, 3.63) is 12.2 Å². The molecule has 5 nitrogen and oxygen atoms in total. The van der Waals surface area contributed by atoms with Crippen molar-refractivity contribution in [3.63, 3.8) is 0 Å². The van der Waals surface area contributed by atoms with E-state index in [9.17, 15) is 9.90 Å². The van der Waals surface area contributed by atoms with Crippen molar-refractivity contribution < 1.29 is 25.2 Å². The van der Waals surface area contributed by atoms with Crippen molar-refractivity contribution in [1.82, 2.24) is 0 Å². The number of aliphatic hydroxyl groups is 3. The summed E-state index contributed by atoms with van der Waals surface area (Å²) in [6, 6.07) is 0. The summed E-state index contributed by atoms with van der Waals surface area (Å²) in [6.07, 6.45) is 21.1. The smallest absolute Gasteiger partial charge is 0.303 e. The Balaban J connectivity index is 0. The van der Waals surface area contributed by atoms with Gasteiger partial charge >= 0.3 is 5.97 Å². The van der Waals surface area contributed by atoms with Crippen LogP contribution in [0.4, 0.5) is 0 Å². The van der Waals surface area contributed by atoms with Gasteiger partial charge in [0.05, 0.1) is 18.8 Å². The van der Waals surface area contributed by atoms with E-state index >= 15 is 0 Å². The molecule has 0 spiro atoms. The third-order valence-corrected chi connectivity index (χ3v) is 5.68. The van der Waals surface area contributed by atoms with Crippen molar-refractivity contribution in [3.8, 4) is 0 Å². The van der Waals surface area contributed by atoms with Crippen molar-refractivity contribution in [2.24, 2.45) is 5.92 Å². The fraction of sp³-hybridized carbons (Fsp3) is 0.885. The van der Waals surface area contributed by atoms with Crippen molar-refractivity contribution >= 4 is 5.97 Å². The van der Waals surface area contributed by atoms with Gasteiger partial charge in [-0.15, -0.1) is 0 Å². The zero-order valence-corrected chi connectivity index (χ0v) is 20.6. The van der Waals surface area contributed by atoms with E-state index in [2.05, 4.69) is 19.1 Å². The van der Waals surface area contributed by atoms with E-state index in [1.165, 1.54) is 70.6 Å². The highest BCUT2D eigenvalue weighted by Crippen LogP contribution is 2.12. The molecule has 0 aromatic rings. The van der Waals surface area contributed by atoms with Gasteiger partial charge in [-0.25, -0.2) is 0 Å². The third-order valence-electron chi connectivity index (χ3n) is 5.68. The predicted molar refractivity (Wildman–Crippen MR) is 130 cm³/mol. The number of aliphatic carboxylic acids is 1. The highest BCUT2D eigenvalue weighted by atomic mass is 16.4. The molecule has 0 rings (SSSR count). The molecule has 0 saturated heterocycles. The van der Waals surface area contributed by atoms with Crippen molar-refractivity contribution in [2.75, 3.05) is 6.61 Å². The molecule has 0 amide bonds. The first kappa shape index (κ1) is 32.3. The predicted octanol–water partition coefficient (Wildman–Crippen LogP) is 6.25. The molecule has 0 aliphatic heterocycles. The molecule has 186 valence electrons. The highest BCUT2D eigenvalue weighted by molar-refractivity contribution is 5.66. The highest BCUT2D eigenvalue weighted by Gasteiger charge is 2.15. The summed E-state index contributed by atoms with van der Waals surface area (Å²) in [5.74, 6) is -0.473. The first-order valence-electron chi connectivity index (χ1n) is 12.7. The summed E-state index contributed by atoms with van der Waals surface area (Å²) in [6.45, 7) is 5.90. The molecule has 0 fully saturated rings. The Labute approximate surface area is 192 Å². The van der Waals surface area contributed by atoms with E-state index in [0.29, 0.717) is 6.42 Å². The monoisotopic (exact) mass is 444 g/mol. The maximum absolute atomic E-state index is 10.3. The van der Waals surface area contributed by atoms with Crippen molar-refractivity contribution in [1.29, 1.82) is 0 Å². The molecule has 0 aromatic heterocycles. The summed E-state index contributed by atoms with van der Waals surface area (Å²) >= 11 is 0. The molecular weight excluding hydrogens is 392 g/mol. The summed E-state index contributed by atoms with van der Waals surface area (Å²) in [4.78, 5) is 10.3. The Kier molecular flexibility index (Phi) is 26.4. The standard InChI is InChI=1S/C18H34O2.C8H18O3/c1-2-3-4-5-6-7-8-9-10-11-12-13-14-15-16-17-18(19)20;1-3-6(2)8(11)4-7(10)5-9/h9-10H,2-8,11-17H2,1H3,(H,19,20);6-11H,3-5H2,1-2H3. The van der Waals surface area contributed by atoms with Crippen LogP contribution in [0, 0.1) is 5.92 Å². The Morgan fingerprint density at radius 3 is 1.74 bits per heavy atom. The minimum Gasteiger partial charge on any atom is -0.481 e. The van der Waals surface area contributed by atoms with Crippen molar-refractivity contribution in [2.45, 2.75) is 136 Å². The number of rotatable bonds is 20. The number of hydrogen-bond acceptors (Lipinski definition) is 4. The van der Waals surface area contributed by atoms with Gasteiger partial charge in [-0.1, -0.05) is 90.7 Å². The van der Waals surface area contributed by atoms with Crippen LogP contribution in [-0.4, -0.2) is 45.2 Å². The first-order valence-corrected chi connectivity index (χ1v) is 12.7. The number of carboxylic acids is 1. The van der Waals surface area contributed by atoms with E-state index in [4.69, 9.17) is 15.3 Å². The van der Waals surface area contributed by atoms with Gasteiger partial charge in [0, 0.05) is 12.8 Å². The second kappa shape index (κ2) is 25.4. The quantitative estimate of drug-likeness (QED) is 0.131. The SMILES string of the molecule is CCC(C)C(O)CC(O)CO.CCCCCCCCC=CCCCCCCCC(=O)O. The molecule has 3 unspecified atom stereocenters. The van der Waals surface area contributed by atoms with E-state index < -0.39 is 18.2 Å². The van der Waals surface area contributed by atoms with Gasteiger partial charge in [0.1, 0.15) is 0 Å². The van der Waals surface area contributed by atoms with E-state index in [1.807, 2.05) is 13.8 Å². The minimum atomic E-state index is -0.779. The molecule has 4 N–H and O–H groups in total. The lowest BCUT2D eigenvalue weighted by Gasteiger charge is -2.18. The van der Waals surface area contributed by atoms with Gasteiger partial charge in [-0.05, 0) is 38.0 Å². The van der Waals surface area contributed by atoms with Crippen LogP contribution in [-0.2, 0) is 4.79 Å². The fourth-order valence-corrected chi connectivity index (χ4v) is 3.20. The molecule has 5 heteroatoms. The number of allylic oxidation sites excluding steroid dienone is 2. The van der Waals surface area contributed by atoms with Gasteiger partial charge in [0.25, 0.3) is 0 Å². The van der Waals surface area contributed by atoms with Crippen LogP contribution in [0.5, 0.6) is 0 Å². The molecule has 0 aromatic carbocycles. The van der Waals surface area contributed by atoms with Gasteiger partial charge < -0.3 is 20.4 Å². The zero-order chi connectivity index (χ0) is 23.7. The largest absolute Gasteiger partial charge is 0.481 e. The topological polar surface area (TPSA) is 98.0 Å². The molecule has 31 heavy (non-hydrogen) atoms. The first-order chi connectivity index (χ1) is 14.9. The molecular formula is C26H52O5. The summed E-state index contributed by atoms with van der Waals surface area (Å²) in [5.41, 5.74) is 0. The maximum Gasteiger partial charge on any atom is 0.303 e. The van der Waals surface area contributed by atoms with E-state index in [-0.39, 0.29) is 18.9 Å². The van der Waals surface area contributed by atoms with E-state index in [1.54, 1.807) is 0 Å². The average molecular weight is 445 g/mol. The van der Waals surface area contributed by atoms with Crippen LogP contribution in [0.1, 0.15) is 124 Å². The Hall–Kier alpha value is -0.910. The lowest BCUT2D eigenvalue weighted by molar-refractivity contribution is -0.137. The van der Waals surface area contributed by atoms with Crippen LogP contribution >= 0.6 is 0 Å². The van der Waals surface area contributed by atoms with Gasteiger partial charge in [-0.2, -0.15) is 0 Å². The number of hydrogen-bond donors (Lipinski definition) is 4. The third kappa shape index (κ3) is 27.1. The normalized spacial score (nSPS) is 14.1. The summed E-state index contributed by atoms with van der Waals surface area (Å²) < 4.78 is 0. The molecule has 3 atom stereocenters. The Bertz CT molecular complexity index is 397. The number of carbonyl (C=O) groups is 1. The second-order valence-electron chi connectivity index (χ2n) is 8.75. The molecule has 0 radical (unpaired) electrons. The van der Waals surface area contributed by atoms with Gasteiger partial charge in [0.2, 0.25) is 0 Å². The Morgan fingerprint density at radius 2 is 1.29 bits per heavy atom. The van der Waals surface area contributed by atoms with Crippen LogP contribution in [0.25, 0.3) is 0 Å². The van der Waals surface area contributed by atoms with E-state index in [0.717, 1.165) is 19.3 Å². The van der Waals surface area contributed by atoms with Crippen LogP contribution in [0.2, 0.25) is 0 Å². The minimum absolute atomic E-state index is 0.191. The van der Waals surface area contributed by atoms with Crippen LogP contribution in [0.15, 0.2) is 12.2 Å². The maximum atomic E-state index is 10.3. The average Bonchev–Trinajstić information content (AvgIpc) is 2.75. The second-order valence-corrected chi connectivity index (χ2v) is 8.75. The number of carboxylic acid groups (broad SMARTS) is 1. The summed E-state index contributed by atoms with van der Waals surface area (Å²) in [7, 11) is 0.